The Morgan fingerprint density at radius 3 is 1.93 bits per heavy atom. The Morgan fingerprint density at radius 1 is 0.786 bits per heavy atom. The van der Waals surface area contributed by atoms with Crippen LogP contribution in [0, 0.1) is 11.6 Å². The molecular weight excluding hydrogens is 586 g/mol. The third kappa shape index (κ3) is 8.45. The predicted octanol–water partition coefficient (Wildman–Crippen LogP) is 5.09. The largest absolute Gasteiger partial charge is 0.462 e. The van der Waals surface area contributed by atoms with E-state index in [2.05, 4.69) is 10.0 Å². The minimum absolute atomic E-state index is 0.130. The number of rotatable bonds is 12. The van der Waals surface area contributed by atoms with Gasteiger partial charge in [-0.15, -0.1) is 0 Å². The molecule has 2 atom stereocenters. The summed E-state index contributed by atoms with van der Waals surface area (Å²) in [6.45, 7) is -0.282. The van der Waals surface area contributed by atoms with Crippen LogP contribution in [0.3, 0.4) is 0 Å². The first-order valence-corrected chi connectivity index (χ1v) is 14.8. The van der Waals surface area contributed by atoms with Crippen molar-refractivity contribution in [1.82, 2.24) is 10.0 Å². The molecule has 2 N–H and O–H groups in total. The van der Waals surface area contributed by atoms with Crippen LogP contribution >= 0.6 is 11.6 Å². The lowest BCUT2D eigenvalue weighted by molar-refractivity contribution is -0.146. The number of ether oxygens (including phenoxy) is 1. The summed E-state index contributed by atoms with van der Waals surface area (Å²) < 4.78 is 62.0. The van der Waals surface area contributed by atoms with Crippen molar-refractivity contribution in [2.45, 2.75) is 29.8 Å². The highest BCUT2D eigenvalue weighted by molar-refractivity contribution is 7.89. The van der Waals surface area contributed by atoms with Gasteiger partial charge < -0.3 is 10.1 Å². The Kier molecular flexibility index (Phi) is 10.4. The van der Waals surface area contributed by atoms with Gasteiger partial charge in [-0.3, -0.25) is 9.59 Å². The number of carbonyl (C=O) groups is 2. The second-order valence-corrected chi connectivity index (χ2v) is 11.5. The summed E-state index contributed by atoms with van der Waals surface area (Å²) in [6, 6.07) is 25.1. The van der Waals surface area contributed by atoms with E-state index in [1.165, 1.54) is 0 Å². The summed E-state index contributed by atoms with van der Waals surface area (Å²) in [5, 5.41) is 2.26. The minimum Gasteiger partial charge on any atom is -0.462 e. The molecule has 0 aromatic heterocycles. The zero-order chi connectivity index (χ0) is 30.1. The van der Waals surface area contributed by atoms with Crippen molar-refractivity contribution in [2.24, 2.45) is 0 Å². The lowest BCUT2D eigenvalue weighted by Crippen LogP contribution is -2.46. The molecule has 4 aromatic rings. The lowest BCUT2D eigenvalue weighted by Gasteiger charge is -2.22. The van der Waals surface area contributed by atoms with Crippen LogP contribution in [0.1, 0.15) is 21.5 Å². The van der Waals surface area contributed by atoms with E-state index in [0.29, 0.717) is 29.7 Å². The average molecular weight is 613 g/mol. The molecule has 1 amide bonds. The Balaban J connectivity index is 1.55. The molecular formula is C31H27ClF2N2O5S. The SMILES string of the molecule is O=C(N[C@@H](COC(=O)[C@H](Cc1ccccc1)NS(=O)(=O)c1cc(Cl)c(F)cc1F)Cc1ccccc1)c1ccccc1. The monoisotopic (exact) mass is 612 g/mol. The van der Waals surface area contributed by atoms with Gasteiger partial charge in [0, 0.05) is 11.6 Å². The molecule has 4 aromatic carbocycles. The minimum atomic E-state index is -4.68. The molecule has 0 spiro atoms. The second-order valence-electron chi connectivity index (χ2n) is 9.42. The molecule has 0 bridgehead atoms. The standard InChI is InChI=1S/C31H27ClF2N2O5S/c32-25-18-29(27(34)19-26(25)33)42(39,40)36-28(17-22-12-6-2-7-13-22)31(38)41-20-24(16-21-10-4-1-5-11-21)35-30(37)23-14-8-3-9-15-23/h1-15,18-19,24,28,36H,16-17,20H2,(H,35,37)/t24-,28+/m1/s1. The average Bonchev–Trinajstić information content (AvgIpc) is 2.98. The molecule has 7 nitrogen and oxygen atoms in total. The fourth-order valence-corrected chi connectivity index (χ4v) is 5.67. The highest BCUT2D eigenvalue weighted by atomic mass is 35.5. The summed E-state index contributed by atoms with van der Waals surface area (Å²) in [5.41, 5.74) is 1.88. The van der Waals surface area contributed by atoms with E-state index >= 15 is 0 Å². The maximum Gasteiger partial charge on any atom is 0.324 e. The van der Waals surface area contributed by atoms with Crippen LogP contribution in [-0.2, 0) is 32.4 Å². The molecule has 0 aliphatic heterocycles. The van der Waals surface area contributed by atoms with E-state index in [1.807, 2.05) is 30.3 Å². The van der Waals surface area contributed by atoms with Crippen LogP contribution in [0.5, 0.6) is 0 Å². The van der Waals surface area contributed by atoms with Crippen LogP contribution in [0.4, 0.5) is 8.78 Å². The van der Waals surface area contributed by atoms with Crippen LogP contribution in [-0.4, -0.2) is 39.0 Å². The van der Waals surface area contributed by atoms with E-state index < -0.39 is 49.6 Å². The van der Waals surface area contributed by atoms with Gasteiger partial charge in [0.25, 0.3) is 5.91 Å². The highest BCUT2D eigenvalue weighted by Crippen LogP contribution is 2.23. The van der Waals surface area contributed by atoms with E-state index in [0.717, 1.165) is 5.56 Å². The number of hydrogen-bond acceptors (Lipinski definition) is 5. The number of nitrogens with one attached hydrogen (secondary N) is 2. The summed E-state index contributed by atoms with van der Waals surface area (Å²) in [4.78, 5) is 25.3. The number of hydrogen-bond donors (Lipinski definition) is 2. The quantitative estimate of drug-likeness (QED) is 0.171. The second kappa shape index (κ2) is 14.2. The zero-order valence-corrected chi connectivity index (χ0v) is 23.7. The van der Waals surface area contributed by atoms with Crippen molar-refractivity contribution in [3.8, 4) is 0 Å². The molecule has 218 valence electrons. The first kappa shape index (κ1) is 30.8. The van der Waals surface area contributed by atoms with E-state index in [-0.39, 0.29) is 18.9 Å². The Bertz CT molecular complexity index is 1630. The zero-order valence-electron chi connectivity index (χ0n) is 22.2. The fraction of sp³-hybridized carbons (Fsp3) is 0.161. The Labute approximate surface area is 247 Å². The van der Waals surface area contributed by atoms with Gasteiger partial charge in [0.05, 0.1) is 11.1 Å². The van der Waals surface area contributed by atoms with Gasteiger partial charge in [-0.2, -0.15) is 4.72 Å². The molecule has 0 aliphatic rings. The normalized spacial score (nSPS) is 12.7. The van der Waals surface area contributed by atoms with Crippen LogP contribution in [0.25, 0.3) is 0 Å². The maximum atomic E-state index is 14.5. The number of amides is 1. The summed E-state index contributed by atoms with van der Waals surface area (Å²) in [5.74, 6) is -3.83. The fourth-order valence-electron chi connectivity index (χ4n) is 4.18. The molecule has 0 aliphatic carbocycles. The lowest BCUT2D eigenvalue weighted by atomic mass is 10.1. The third-order valence-corrected chi connectivity index (χ3v) is 8.03. The smallest absolute Gasteiger partial charge is 0.324 e. The maximum absolute atomic E-state index is 14.5. The van der Waals surface area contributed by atoms with Gasteiger partial charge in [-0.25, -0.2) is 17.2 Å². The van der Waals surface area contributed by atoms with E-state index in [4.69, 9.17) is 16.3 Å². The number of esters is 1. The molecule has 11 heteroatoms. The highest BCUT2D eigenvalue weighted by Gasteiger charge is 2.30. The number of sulfonamides is 1. The van der Waals surface area contributed by atoms with Gasteiger partial charge in [0.15, 0.2) is 0 Å². The van der Waals surface area contributed by atoms with Gasteiger partial charge in [-0.1, -0.05) is 90.5 Å². The van der Waals surface area contributed by atoms with Crippen molar-refractivity contribution < 1.29 is 31.5 Å². The van der Waals surface area contributed by atoms with Crippen LogP contribution in [0.2, 0.25) is 5.02 Å². The molecule has 0 fully saturated rings. The molecule has 0 radical (unpaired) electrons. The summed E-state index contributed by atoms with van der Waals surface area (Å²) in [7, 11) is -4.68. The Morgan fingerprint density at radius 2 is 1.33 bits per heavy atom. The Hall–Kier alpha value is -4.12. The first-order valence-electron chi connectivity index (χ1n) is 12.9. The number of benzene rings is 4. The van der Waals surface area contributed by atoms with Gasteiger partial charge in [-0.05, 0) is 42.2 Å². The van der Waals surface area contributed by atoms with Crippen molar-refractivity contribution in [3.05, 3.63) is 136 Å². The first-order chi connectivity index (χ1) is 20.1. The molecule has 0 heterocycles. The van der Waals surface area contributed by atoms with Gasteiger partial charge in [0.1, 0.15) is 29.2 Å². The molecule has 42 heavy (non-hydrogen) atoms. The topological polar surface area (TPSA) is 102 Å². The molecule has 4 rings (SSSR count). The van der Waals surface area contributed by atoms with Crippen molar-refractivity contribution >= 4 is 33.5 Å². The van der Waals surface area contributed by atoms with Crippen molar-refractivity contribution in [3.63, 3.8) is 0 Å². The van der Waals surface area contributed by atoms with Crippen LogP contribution in [0.15, 0.2) is 108 Å². The third-order valence-electron chi connectivity index (χ3n) is 6.25. The van der Waals surface area contributed by atoms with Crippen LogP contribution < -0.4 is 10.0 Å². The van der Waals surface area contributed by atoms with E-state index in [9.17, 15) is 26.8 Å². The number of carbonyl (C=O) groups excluding carboxylic acids is 2. The van der Waals surface area contributed by atoms with E-state index in [1.54, 1.807) is 60.7 Å². The molecule has 0 saturated carbocycles. The van der Waals surface area contributed by atoms with Crippen molar-refractivity contribution in [2.75, 3.05) is 6.61 Å². The summed E-state index contributed by atoms with van der Waals surface area (Å²) >= 11 is 5.70. The summed E-state index contributed by atoms with van der Waals surface area (Å²) in [6.07, 6.45) is 0.191. The van der Waals surface area contributed by atoms with Crippen molar-refractivity contribution in [1.29, 1.82) is 0 Å². The predicted molar refractivity (Wildman–Crippen MR) is 154 cm³/mol. The van der Waals surface area contributed by atoms with Gasteiger partial charge in [0.2, 0.25) is 10.0 Å². The number of halogens is 3. The molecule has 0 saturated heterocycles. The van der Waals surface area contributed by atoms with Gasteiger partial charge >= 0.3 is 5.97 Å². The molecule has 0 unspecified atom stereocenters.